The molecule has 0 aromatic rings. The molecule has 0 aromatic heterocycles. The van der Waals surface area contributed by atoms with Crippen LogP contribution in [0.25, 0.3) is 0 Å². The van der Waals surface area contributed by atoms with E-state index in [0.717, 1.165) is 32.1 Å². The third-order valence-corrected chi connectivity index (χ3v) is 2.47. The maximum Gasteiger partial charge on any atom is 0.320 e. The van der Waals surface area contributed by atoms with Gasteiger partial charge in [0.25, 0.3) is 0 Å². The second-order valence-corrected chi connectivity index (χ2v) is 4.12. The van der Waals surface area contributed by atoms with Gasteiger partial charge in [-0.1, -0.05) is 19.8 Å². The van der Waals surface area contributed by atoms with E-state index >= 15 is 0 Å². The number of cyclic esters (lactones) is 1. The molecule has 17 heavy (non-hydrogen) atoms. The van der Waals surface area contributed by atoms with Crippen LogP contribution in [0.15, 0.2) is 0 Å². The number of esters is 1. The summed E-state index contributed by atoms with van der Waals surface area (Å²) in [6.07, 6.45) is 6.32. The number of ether oxygens (including phenoxy) is 1. The van der Waals surface area contributed by atoms with Gasteiger partial charge in [0.05, 0.1) is 6.61 Å². The Morgan fingerprint density at radius 3 is 2.76 bits per heavy atom. The Balaban J connectivity index is 0.000000302. The van der Waals surface area contributed by atoms with Gasteiger partial charge in [0.15, 0.2) is 0 Å². The van der Waals surface area contributed by atoms with Gasteiger partial charge in [-0.15, -0.1) is 0 Å². The Morgan fingerprint density at radius 2 is 2.18 bits per heavy atom. The fraction of sp³-hybridized carbons (Fsp3) is 0.833. The largest absolute Gasteiger partial charge is 0.480 e. The van der Waals surface area contributed by atoms with Gasteiger partial charge in [-0.2, -0.15) is 0 Å². The van der Waals surface area contributed by atoms with Crippen molar-refractivity contribution >= 4 is 11.9 Å². The lowest BCUT2D eigenvalue weighted by molar-refractivity contribution is -0.142. The first-order valence-corrected chi connectivity index (χ1v) is 6.22. The van der Waals surface area contributed by atoms with Crippen molar-refractivity contribution in [2.75, 3.05) is 6.61 Å². The topological polar surface area (TPSA) is 89.6 Å². The fourth-order valence-electron chi connectivity index (χ4n) is 1.35. The van der Waals surface area contributed by atoms with Crippen LogP contribution >= 0.6 is 0 Å². The number of carbonyl (C=O) groups excluding carboxylic acids is 1. The second-order valence-electron chi connectivity index (χ2n) is 4.12. The van der Waals surface area contributed by atoms with Crippen LogP contribution in [-0.4, -0.2) is 29.7 Å². The molecule has 1 atom stereocenters. The molecule has 0 bridgehead atoms. The van der Waals surface area contributed by atoms with E-state index in [9.17, 15) is 9.59 Å². The maximum atomic E-state index is 10.5. The Bertz CT molecular complexity index is 221. The number of unbranched alkanes of at least 4 members (excludes halogenated alkanes) is 1. The zero-order valence-corrected chi connectivity index (χ0v) is 10.5. The lowest BCUT2D eigenvalue weighted by Crippen LogP contribution is -2.29. The molecule has 1 saturated heterocycles. The van der Waals surface area contributed by atoms with Crippen LogP contribution in [-0.2, 0) is 14.3 Å². The summed E-state index contributed by atoms with van der Waals surface area (Å²) in [6, 6.07) is -0.662. The Labute approximate surface area is 102 Å². The molecular formula is C12H23NO4. The van der Waals surface area contributed by atoms with E-state index in [-0.39, 0.29) is 5.97 Å². The molecule has 1 heterocycles. The summed E-state index contributed by atoms with van der Waals surface area (Å²) in [6.45, 7) is 2.65. The molecule has 1 unspecified atom stereocenters. The van der Waals surface area contributed by atoms with Gasteiger partial charge < -0.3 is 15.6 Å². The molecule has 0 spiro atoms. The molecule has 0 amide bonds. The van der Waals surface area contributed by atoms with Crippen molar-refractivity contribution in [1.82, 2.24) is 0 Å². The number of nitrogens with two attached hydrogens (primary N) is 1. The minimum atomic E-state index is -0.900. The Morgan fingerprint density at radius 1 is 1.47 bits per heavy atom. The molecule has 5 nitrogen and oxygen atoms in total. The molecule has 0 aromatic carbocycles. The first kappa shape index (κ1) is 15.9. The van der Waals surface area contributed by atoms with E-state index in [1.807, 2.05) is 6.92 Å². The van der Waals surface area contributed by atoms with Crippen molar-refractivity contribution in [1.29, 1.82) is 0 Å². The highest BCUT2D eigenvalue weighted by molar-refractivity contribution is 5.72. The molecule has 0 aliphatic carbocycles. The predicted octanol–water partition coefficient (Wildman–Crippen LogP) is 1.69. The molecule has 1 fully saturated rings. The van der Waals surface area contributed by atoms with Crippen molar-refractivity contribution in [2.45, 2.75) is 57.9 Å². The number of carboxylic acid groups (broad SMARTS) is 1. The predicted molar refractivity (Wildman–Crippen MR) is 64.6 cm³/mol. The molecular weight excluding hydrogens is 222 g/mol. The third-order valence-electron chi connectivity index (χ3n) is 2.47. The van der Waals surface area contributed by atoms with Crippen LogP contribution < -0.4 is 5.73 Å². The minimum Gasteiger partial charge on any atom is -0.480 e. The fourth-order valence-corrected chi connectivity index (χ4v) is 1.35. The quantitative estimate of drug-likeness (QED) is 0.736. The van der Waals surface area contributed by atoms with E-state index in [2.05, 4.69) is 0 Å². The monoisotopic (exact) mass is 245 g/mol. The number of hydrogen-bond donors (Lipinski definition) is 2. The summed E-state index contributed by atoms with van der Waals surface area (Å²) < 4.78 is 4.76. The summed E-state index contributed by atoms with van der Waals surface area (Å²) in [4.78, 5) is 20.5. The van der Waals surface area contributed by atoms with Gasteiger partial charge in [-0.25, -0.2) is 0 Å². The summed E-state index contributed by atoms with van der Waals surface area (Å²) in [5.74, 6) is -0.925. The lowest BCUT2D eigenvalue weighted by atomic mass is 10.1. The molecule has 1 aliphatic rings. The van der Waals surface area contributed by atoms with E-state index < -0.39 is 12.0 Å². The number of rotatable bonds is 4. The van der Waals surface area contributed by atoms with E-state index in [1.54, 1.807) is 0 Å². The van der Waals surface area contributed by atoms with Gasteiger partial charge in [-0.05, 0) is 25.7 Å². The van der Waals surface area contributed by atoms with Crippen LogP contribution in [0.2, 0.25) is 0 Å². The normalized spacial score (nSPS) is 17.2. The lowest BCUT2D eigenvalue weighted by Gasteiger charge is -2.02. The van der Waals surface area contributed by atoms with Crippen molar-refractivity contribution in [3.63, 3.8) is 0 Å². The standard InChI is InChI=1S/C6H13NO2.C6H10O2/c1-2-3-4-5(7)6(8)9;7-6-4-2-1-3-5-8-6/h5H,2-4,7H2,1H3,(H,8,9);1-5H2. The van der Waals surface area contributed by atoms with Crippen LogP contribution in [0, 0.1) is 0 Å². The highest BCUT2D eigenvalue weighted by Gasteiger charge is 2.08. The highest BCUT2D eigenvalue weighted by Crippen LogP contribution is 2.06. The summed E-state index contributed by atoms with van der Waals surface area (Å²) in [7, 11) is 0. The third kappa shape index (κ3) is 9.81. The first-order chi connectivity index (χ1) is 8.07. The summed E-state index contributed by atoms with van der Waals surface area (Å²) >= 11 is 0. The van der Waals surface area contributed by atoms with Crippen molar-refractivity contribution in [2.24, 2.45) is 5.73 Å². The number of hydrogen-bond acceptors (Lipinski definition) is 4. The van der Waals surface area contributed by atoms with Gasteiger partial charge in [0.1, 0.15) is 6.04 Å². The van der Waals surface area contributed by atoms with E-state index in [1.165, 1.54) is 0 Å². The smallest absolute Gasteiger partial charge is 0.320 e. The number of carbonyl (C=O) groups is 2. The SMILES string of the molecule is CCCCC(N)C(=O)O.O=C1CCCCCO1. The summed E-state index contributed by atoms with van der Waals surface area (Å²) in [5.41, 5.74) is 5.20. The van der Waals surface area contributed by atoms with Gasteiger partial charge in [0, 0.05) is 6.42 Å². The van der Waals surface area contributed by atoms with Crippen molar-refractivity contribution in [3.8, 4) is 0 Å². The Kier molecular flexibility index (Phi) is 9.43. The first-order valence-electron chi connectivity index (χ1n) is 6.22. The molecule has 0 saturated carbocycles. The molecule has 0 radical (unpaired) electrons. The van der Waals surface area contributed by atoms with Crippen LogP contribution in [0.3, 0.4) is 0 Å². The average Bonchev–Trinajstić information content (AvgIpc) is 2.54. The average molecular weight is 245 g/mol. The van der Waals surface area contributed by atoms with E-state index in [0.29, 0.717) is 19.4 Å². The molecule has 1 aliphatic heterocycles. The highest BCUT2D eigenvalue weighted by atomic mass is 16.5. The molecule has 1 rings (SSSR count). The maximum absolute atomic E-state index is 10.5. The van der Waals surface area contributed by atoms with Gasteiger partial charge >= 0.3 is 11.9 Å². The minimum absolute atomic E-state index is 0.0255. The van der Waals surface area contributed by atoms with Crippen molar-refractivity contribution in [3.05, 3.63) is 0 Å². The molecule has 100 valence electrons. The second kappa shape index (κ2) is 10.1. The van der Waals surface area contributed by atoms with Crippen LogP contribution in [0.4, 0.5) is 0 Å². The summed E-state index contributed by atoms with van der Waals surface area (Å²) in [5, 5.41) is 8.28. The van der Waals surface area contributed by atoms with Crippen LogP contribution in [0.1, 0.15) is 51.9 Å². The van der Waals surface area contributed by atoms with Gasteiger partial charge in [0.2, 0.25) is 0 Å². The van der Waals surface area contributed by atoms with E-state index in [4.69, 9.17) is 15.6 Å². The van der Waals surface area contributed by atoms with Gasteiger partial charge in [-0.3, -0.25) is 9.59 Å². The molecule has 5 heteroatoms. The van der Waals surface area contributed by atoms with Crippen LogP contribution in [0.5, 0.6) is 0 Å². The Hall–Kier alpha value is -1.10. The number of carboxylic acids is 1. The zero-order valence-electron chi connectivity index (χ0n) is 10.5. The van der Waals surface area contributed by atoms with Crippen molar-refractivity contribution < 1.29 is 19.4 Å². The number of aliphatic carboxylic acids is 1. The zero-order chi connectivity index (χ0) is 13.1. The molecule has 3 N–H and O–H groups in total.